The van der Waals surface area contributed by atoms with Crippen molar-refractivity contribution in [3.63, 3.8) is 0 Å². The zero-order chi connectivity index (χ0) is 15.0. The van der Waals surface area contributed by atoms with E-state index in [9.17, 15) is 4.39 Å². The lowest BCUT2D eigenvalue weighted by Crippen LogP contribution is -2.35. The topological polar surface area (TPSA) is 12.5 Å². The molecule has 0 saturated heterocycles. The first-order chi connectivity index (χ1) is 10.1. The van der Waals surface area contributed by atoms with Gasteiger partial charge in [-0.15, -0.1) is 0 Å². The molecule has 0 N–H and O–H groups in total. The van der Waals surface area contributed by atoms with Gasteiger partial charge in [0, 0.05) is 6.54 Å². The minimum atomic E-state index is -0.0640. The van der Waals surface area contributed by atoms with Gasteiger partial charge in [0.05, 0.1) is 7.11 Å². The molecule has 3 heteroatoms. The van der Waals surface area contributed by atoms with Crippen LogP contribution in [0.15, 0.2) is 18.2 Å². The lowest BCUT2D eigenvalue weighted by atomic mass is 9.69. The van der Waals surface area contributed by atoms with E-state index in [-0.39, 0.29) is 5.82 Å². The summed E-state index contributed by atoms with van der Waals surface area (Å²) in [4.78, 5) is 2.26. The van der Waals surface area contributed by atoms with Crippen LogP contribution in [0.4, 0.5) is 4.39 Å². The van der Waals surface area contributed by atoms with E-state index >= 15 is 0 Å². The van der Waals surface area contributed by atoms with Crippen LogP contribution in [0.25, 0.3) is 0 Å². The van der Waals surface area contributed by atoms with Gasteiger partial charge in [-0.3, -0.25) is 0 Å². The number of methoxy groups -OCH3 is 1. The van der Waals surface area contributed by atoms with Crippen molar-refractivity contribution in [3.8, 4) is 5.75 Å². The third-order valence-electron chi connectivity index (χ3n) is 5.47. The zero-order valence-electron chi connectivity index (χ0n) is 13.3. The van der Waals surface area contributed by atoms with E-state index < -0.39 is 0 Å². The van der Waals surface area contributed by atoms with Gasteiger partial charge in [-0.25, -0.2) is 4.39 Å². The third kappa shape index (κ3) is 2.94. The molecule has 0 unspecified atom stereocenters. The van der Waals surface area contributed by atoms with E-state index in [4.69, 9.17) is 4.74 Å². The van der Waals surface area contributed by atoms with E-state index in [0.29, 0.717) is 11.8 Å². The van der Waals surface area contributed by atoms with E-state index in [1.807, 2.05) is 6.07 Å². The molecule has 1 aromatic rings. The fraction of sp³-hybridized carbons (Fsp3) is 0.667. The number of rotatable bonds is 4. The third-order valence-corrected chi connectivity index (χ3v) is 5.47. The lowest BCUT2D eigenvalue weighted by Gasteiger charge is -2.38. The Morgan fingerprint density at radius 1 is 1.24 bits per heavy atom. The SMILES string of the molecule is COc1ccc(F)c([C@@H]2C[C@H]3CC[C@H](C3)[C@@H]2CN(C)C)c1. The van der Waals surface area contributed by atoms with Crippen molar-refractivity contribution in [2.24, 2.45) is 17.8 Å². The first-order valence-corrected chi connectivity index (χ1v) is 8.06. The molecular weight excluding hydrogens is 265 g/mol. The molecule has 2 nitrogen and oxygen atoms in total. The Balaban J connectivity index is 1.94. The zero-order valence-corrected chi connectivity index (χ0v) is 13.3. The highest BCUT2D eigenvalue weighted by Crippen LogP contribution is 2.52. The van der Waals surface area contributed by atoms with Crippen LogP contribution in [0.5, 0.6) is 5.75 Å². The minimum Gasteiger partial charge on any atom is -0.497 e. The summed E-state index contributed by atoms with van der Waals surface area (Å²) in [5.41, 5.74) is 0.873. The van der Waals surface area contributed by atoms with Crippen LogP contribution in [0.3, 0.4) is 0 Å². The number of ether oxygens (including phenoxy) is 1. The summed E-state index contributed by atoms with van der Waals surface area (Å²) in [6, 6.07) is 5.21. The molecule has 0 aromatic heterocycles. The monoisotopic (exact) mass is 291 g/mol. The second-order valence-corrected chi connectivity index (χ2v) is 7.09. The molecule has 0 spiro atoms. The predicted octanol–water partition coefficient (Wildman–Crippen LogP) is 3.92. The quantitative estimate of drug-likeness (QED) is 0.834. The molecule has 21 heavy (non-hydrogen) atoms. The van der Waals surface area contributed by atoms with Crippen LogP contribution in [-0.2, 0) is 0 Å². The maximum absolute atomic E-state index is 14.4. The van der Waals surface area contributed by atoms with Crippen LogP contribution in [0, 0.1) is 23.6 Å². The number of nitrogens with zero attached hydrogens (tertiary/aromatic N) is 1. The molecule has 3 rings (SSSR count). The molecule has 0 amide bonds. The van der Waals surface area contributed by atoms with Gasteiger partial charge in [-0.1, -0.05) is 6.42 Å². The maximum Gasteiger partial charge on any atom is 0.126 e. The smallest absolute Gasteiger partial charge is 0.126 e. The first kappa shape index (κ1) is 14.8. The average molecular weight is 291 g/mol. The molecule has 2 fully saturated rings. The second kappa shape index (κ2) is 5.96. The summed E-state index contributed by atoms with van der Waals surface area (Å²) < 4.78 is 19.7. The van der Waals surface area contributed by atoms with Gasteiger partial charge >= 0.3 is 0 Å². The van der Waals surface area contributed by atoms with E-state index in [2.05, 4.69) is 19.0 Å². The van der Waals surface area contributed by atoms with Crippen molar-refractivity contribution in [1.29, 1.82) is 0 Å². The summed E-state index contributed by atoms with van der Waals surface area (Å²) >= 11 is 0. The molecule has 2 saturated carbocycles. The first-order valence-electron chi connectivity index (χ1n) is 8.06. The summed E-state index contributed by atoms with van der Waals surface area (Å²) in [5.74, 6) is 3.18. The standard InChI is InChI=1S/C18H26FNO/c1-20(2)11-17-13-5-4-12(8-13)9-15(17)16-10-14(21-3)6-7-18(16)19/h6-7,10,12-13,15,17H,4-5,8-9,11H2,1-3H3/t12-,13+,15-,17-/m0/s1. The van der Waals surface area contributed by atoms with E-state index in [0.717, 1.165) is 36.1 Å². The number of hydrogen-bond acceptors (Lipinski definition) is 2. The van der Waals surface area contributed by atoms with Crippen LogP contribution in [0.2, 0.25) is 0 Å². The Bertz CT molecular complexity index is 502. The van der Waals surface area contributed by atoms with Crippen molar-refractivity contribution in [1.82, 2.24) is 4.90 Å². The molecule has 4 atom stereocenters. The molecule has 2 bridgehead atoms. The van der Waals surface area contributed by atoms with Crippen molar-refractivity contribution in [2.75, 3.05) is 27.7 Å². The normalized spacial score (nSPS) is 31.7. The Morgan fingerprint density at radius 3 is 2.76 bits per heavy atom. The van der Waals surface area contributed by atoms with Crippen LogP contribution in [-0.4, -0.2) is 32.6 Å². The summed E-state index contributed by atoms with van der Waals surface area (Å²) in [6.07, 6.45) is 5.14. The molecule has 0 radical (unpaired) electrons. The van der Waals surface area contributed by atoms with Crippen molar-refractivity contribution < 1.29 is 9.13 Å². The Labute approximate surface area is 127 Å². The van der Waals surface area contributed by atoms with Gasteiger partial charge < -0.3 is 9.64 Å². The highest BCUT2D eigenvalue weighted by Gasteiger charge is 2.43. The average Bonchev–Trinajstić information content (AvgIpc) is 2.85. The molecule has 2 aliphatic rings. The van der Waals surface area contributed by atoms with Crippen LogP contribution >= 0.6 is 0 Å². The largest absolute Gasteiger partial charge is 0.497 e. The molecule has 0 heterocycles. The van der Waals surface area contributed by atoms with Gasteiger partial charge in [0.1, 0.15) is 11.6 Å². The Morgan fingerprint density at radius 2 is 2.05 bits per heavy atom. The fourth-order valence-corrected chi connectivity index (χ4v) is 4.57. The van der Waals surface area contributed by atoms with Gasteiger partial charge in [-0.2, -0.15) is 0 Å². The van der Waals surface area contributed by atoms with Crippen molar-refractivity contribution in [2.45, 2.75) is 31.6 Å². The second-order valence-electron chi connectivity index (χ2n) is 7.09. The number of benzene rings is 1. The van der Waals surface area contributed by atoms with Crippen LogP contribution < -0.4 is 4.74 Å². The number of hydrogen-bond donors (Lipinski definition) is 0. The Hall–Kier alpha value is -1.09. The fourth-order valence-electron chi connectivity index (χ4n) is 4.57. The predicted molar refractivity (Wildman–Crippen MR) is 83.2 cm³/mol. The van der Waals surface area contributed by atoms with Crippen molar-refractivity contribution in [3.05, 3.63) is 29.6 Å². The molecule has 0 aliphatic heterocycles. The van der Waals surface area contributed by atoms with Crippen LogP contribution in [0.1, 0.15) is 37.2 Å². The van der Waals surface area contributed by atoms with Gasteiger partial charge in [0.15, 0.2) is 0 Å². The van der Waals surface area contributed by atoms with E-state index in [1.165, 1.54) is 19.3 Å². The van der Waals surface area contributed by atoms with Gasteiger partial charge in [0.25, 0.3) is 0 Å². The van der Waals surface area contributed by atoms with Gasteiger partial charge in [-0.05, 0) is 80.8 Å². The molecular formula is C18H26FNO. The highest BCUT2D eigenvalue weighted by atomic mass is 19.1. The summed E-state index contributed by atoms with van der Waals surface area (Å²) in [5, 5.41) is 0. The summed E-state index contributed by atoms with van der Waals surface area (Å²) in [6.45, 7) is 1.05. The molecule has 1 aromatic carbocycles. The van der Waals surface area contributed by atoms with Gasteiger partial charge in [0.2, 0.25) is 0 Å². The number of halogens is 1. The molecule has 2 aliphatic carbocycles. The lowest BCUT2D eigenvalue weighted by molar-refractivity contribution is 0.162. The molecule has 116 valence electrons. The Kier molecular flexibility index (Phi) is 4.21. The maximum atomic E-state index is 14.4. The van der Waals surface area contributed by atoms with E-state index in [1.54, 1.807) is 19.2 Å². The summed E-state index contributed by atoms with van der Waals surface area (Å²) in [7, 11) is 5.90. The highest BCUT2D eigenvalue weighted by molar-refractivity contribution is 5.33. The van der Waals surface area contributed by atoms with Crippen molar-refractivity contribution >= 4 is 0 Å². The number of fused-ring (bicyclic) bond motifs is 2. The minimum absolute atomic E-state index is 0.0640.